The second-order valence-corrected chi connectivity index (χ2v) is 8.13. The van der Waals surface area contributed by atoms with Gasteiger partial charge in [0.2, 0.25) is 0 Å². The fourth-order valence-corrected chi connectivity index (χ4v) is 3.89. The first-order valence-electron chi connectivity index (χ1n) is 13.8. The molecule has 38 heavy (non-hydrogen) atoms. The molecule has 0 aromatic heterocycles. The number of phenols is 1. The summed E-state index contributed by atoms with van der Waals surface area (Å²) < 4.78 is 4.94. The SMILES string of the molecule is C1CCOC1.CC.CC.CNC(=O)O.Oc1ccccc1C1=NC2C=C/C=C\C/C=C\2C(N2CCCC2)=N1. The summed E-state index contributed by atoms with van der Waals surface area (Å²) in [6.45, 7) is 12.1. The number of hydrogen-bond acceptors (Lipinski definition) is 6. The number of ether oxygens (including phenoxy) is 1. The fraction of sp³-hybridized carbons (Fsp3) is 0.500. The predicted molar refractivity (Wildman–Crippen MR) is 157 cm³/mol. The summed E-state index contributed by atoms with van der Waals surface area (Å²) in [6.07, 6.45) is 15.4. The molecular weight excluding hydrogens is 480 g/mol. The lowest BCUT2D eigenvalue weighted by atomic mass is 9.99. The van der Waals surface area contributed by atoms with Crippen molar-refractivity contribution >= 4 is 17.8 Å². The van der Waals surface area contributed by atoms with Crippen molar-refractivity contribution in [3.63, 3.8) is 0 Å². The summed E-state index contributed by atoms with van der Waals surface area (Å²) >= 11 is 0. The topological polar surface area (TPSA) is 107 Å². The van der Waals surface area contributed by atoms with Gasteiger partial charge in [0.25, 0.3) is 0 Å². The first-order valence-corrected chi connectivity index (χ1v) is 13.8. The molecule has 3 aliphatic heterocycles. The minimum Gasteiger partial charge on any atom is -0.507 e. The van der Waals surface area contributed by atoms with E-state index in [-0.39, 0.29) is 11.8 Å². The highest BCUT2D eigenvalue weighted by atomic mass is 16.5. The molecule has 0 spiro atoms. The summed E-state index contributed by atoms with van der Waals surface area (Å²) in [5, 5.41) is 19.8. The number of allylic oxidation sites excluding steroid dienone is 4. The van der Waals surface area contributed by atoms with Gasteiger partial charge in [-0.05, 0) is 44.2 Å². The van der Waals surface area contributed by atoms with Crippen LogP contribution in [-0.4, -0.2) is 72.3 Å². The first kappa shape index (κ1) is 32.6. The van der Waals surface area contributed by atoms with Crippen molar-refractivity contribution in [2.75, 3.05) is 33.4 Å². The van der Waals surface area contributed by atoms with Gasteiger partial charge < -0.3 is 25.2 Å². The third-order valence-corrected chi connectivity index (χ3v) is 5.66. The maximum Gasteiger partial charge on any atom is 0.404 e. The molecule has 0 radical (unpaired) electrons. The fourth-order valence-electron chi connectivity index (χ4n) is 3.89. The Balaban J connectivity index is 0.000000429. The van der Waals surface area contributed by atoms with E-state index in [1.807, 2.05) is 51.2 Å². The van der Waals surface area contributed by atoms with Crippen LogP contribution in [0, 0.1) is 0 Å². The summed E-state index contributed by atoms with van der Waals surface area (Å²) in [5.74, 6) is 1.86. The van der Waals surface area contributed by atoms with Crippen LogP contribution in [0.5, 0.6) is 5.75 Å². The Kier molecular flexibility index (Phi) is 16.9. The summed E-state index contributed by atoms with van der Waals surface area (Å²) in [7, 11) is 1.35. The zero-order valence-corrected chi connectivity index (χ0v) is 23.7. The van der Waals surface area contributed by atoms with Gasteiger partial charge in [-0.25, -0.2) is 9.79 Å². The Morgan fingerprint density at radius 1 is 1.03 bits per heavy atom. The molecule has 1 amide bonds. The largest absolute Gasteiger partial charge is 0.507 e. The third kappa shape index (κ3) is 10.9. The van der Waals surface area contributed by atoms with Gasteiger partial charge in [0.05, 0.1) is 11.6 Å². The van der Waals surface area contributed by atoms with Crippen LogP contribution in [0.4, 0.5) is 4.79 Å². The number of nitrogens with zero attached hydrogens (tertiary/aromatic N) is 3. The predicted octanol–water partition coefficient (Wildman–Crippen LogP) is 6.19. The second-order valence-electron chi connectivity index (χ2n) is 8.13. The van der Waals surface area contributed by atoms with Crippen molar-refractivity contribution in [2.24, 2.45) is 9.98 Å². The molecule has 5 rings (SSSR count). The first-order chi connectivity index (χ1) is 18.6. The van der Waals surface area contributed by atoms with Crippen LogP contribution >= 0.6 is 0 Å². The number of fused-ring (bicyclic) bond motifs is 1. The number of rotatable bonds is 1. The third-order valence-electron chi connectivity index (χ3n) is 5.66. The van der Waals surface area contributed by atoms with Crippen molar-refractivity contribution in [1.82, 2.24) is 10.2 Å². The number of amides is 1. The van der Waals surface area contributed by atoms with E-state index in [2.05, 4.69) is 35.3 Å². The average Bonchev–Trinajstić information content (AvgIpc) is 3.69. The molecular formula is C30H46N4O4. The van der Waals surface area contributed by atoms with Crippen LogP contribution in [0.3, 0.4) is 0 Å². The molecule has 8 nitrogen and oxygen atoms in total. The molecule has 2 fully saturated rings. The maximum absolute atomic E-state index is 10.2. The van der Waals surface area contributed by atoms with Crippen molar-refractivity contribution in [1.29, 1.82) is 0 Å². The van der Waals surface area contributed by atoms with Gasteiger partial charge in [-0.15, -0.1) is 0 Å². The van der Waals surface area contributed by atoms with Crippen molar-refractivity contribution < 1.29 is 19.7 Å². The van der Waals surface area contributed by atoms with Crippen LogP contribution in [0.25, 0.3) is 0 Å². The normalized spacial score (nSPS) is 21.1. The van der Waals surface area contributed by atoms with Crippen molar-refractivity contribution in [3.8, 4) is 5.75 Å². The molecule has 3 heterocycles. The zero-order valence-electron chi connectivity index (χ0n) is 23.7. The van der Waals surface area contributed by atoms with E-state index in [0.717, 1.165) is 38.6 Å². The molecule has 0 bridgehead atoms. The van der Waals surface area contributed by atoms with E-state index in [9.17, 15) is 9.90 Å². The monoisotopic (exact) mass is 526 g/mol. The van der Waals surface area contributed by atoms with Gasteiger partial charge in [-0.3, -0.25) is 4.99 Å². The van der Waals surface area contributed by atoms with Crippen LogP contribution in [-0.2, 0) is 4.74 Å². The number of carbonyl (C=O) groups is 1. The Morgan fingerprint density at radius 3 is 2.21 bits per heavy atom. The molecule has 2 saturated heterocycles. The molecule has 4 aliphatic rings. The second kappa shape index (κ2) is 19.7. The van der Waals surface area contributed by atoms with Crippen LogP contribution < -0.4 is 5.32 Å². The van der Waals surface area contributed by atoms with Crippen molar-refractivity contribution in [2.45, 2.75) is 65.8 Å². The Hall–Kier alpha value is -3.39. The minimum atomic E-state index is -0.995. The number of aliphatic imine (C=N–C) groups is 2. The van der Waals surface area contributed by atoms with Crippen LogP contribution in [0.15, 0.2) is 70.2 Å². The Morgan fingerprint density at radius 2 is 1.66 bits per heavy atom. The molecule has 1 unspecified atom stereocenters. The molecule has 1 aromatic rings. The van der Waals surface area contributed by atoms with E-state index in [1.165, 1.54) is 38.3 Å². The van der Waals surface area contributed by atoms with Gasteiger partial charge in [0.1, 0.15) is 11.6 Å². The zero-order chi connectivity index (χ0) is 28.2. The van der Waals surface area contributed by atoms with Gasteiger partial charge in [-0.1, -0.05) is 70.2 Å². The van der Waals surface area contributed by atoms with Gasteiger partial charge in [-0.2, -0.15) is 0 Å². The number of benzene rings is 1. The molecule has 0 saturated carbocycles. The van der Waals surface area contributed by atoms with E-state index in [0.29, 0.717) is 11.4 Å². The molecule has 3 N–H and O–H groups in total. The van der Waals surface area contributed by atoms with E-state index < -0.39 is 6.09 Å². The molecule has 1 atom stereocenters. The molecule has 8 heteroatoms. The lowest BCUT2D eigenvalue weighted by Gasteiger charge is -2.29. The molecule has 1 aromatic carbocycles. The van der Waals surface area contributed by atoms with Gasteiger partial charge >= 0.3 is 6.09 Å². The summed E-state index contributed by atoms with van der Waals surface area (Å²) in [5.41, 5.74) is 1.87. The highest BCUT2D eigenvalue weighted by Crippen LogP contribution is 2.27. The number of amidine groups is 2. The van der Waals surface area contributed by atoms with E-state index in [4.69, 9.17) is 19.8 Å². The van der Waals surface area contributed by atoms with Crippen LogP contribution in [0.1, 0.15) is 65.4 Å². The van der Waals surface area contributed by atoms with E-state index in [1.54, 1.807) is 6.07 Å². The number of phenolic OH excluding ortho intramolecular Hbond substituents is 1. The highest BCUT2D eigenvalue weighted by Gasteiger charge is 2.29. The lowest BCUT2D eigenvalue weighted by Crippen LogP contribution is -2.36. The molecule has 210 valence electrons. The quantitative estimate of drug-likeness (QED) is 0.404. The molecule has 1 aliphatic carbocycles. The summed E-state index contributed by atoms with van der Waals surface area (Å²) in [4.78, 5) is 21.3. The smallest absolute Gasteiger partial charge is 0.404 e. The average molecular weight is 527 g/mol. The maximum atomic E-state index is 10.2. The number of carboxylic acid groups (broad SMARTS) is 1. The number of nitrogens with one attached hydrogen (secondary N) is 1. The van der Waals surface area contributed by atoms with Crippen LogP contribution in [0.2, 0.25) is 0 Å². The minimum absolute atomic E-state index is 0.0438. The number of likely N-dealkylation sites (tertiary alicyclic amines) is 1. The number of hydrogen-bond donors (Lipinski definition) is 3. The highest BCUT2D eigenvalue weighted by molar-refractivity contribution is 6.15. The van der Waals surface area contributed by atoms with Gasteiger partial charge in [0, 0.05) is 38.9 Å². The standard InChI is InChI=1S/C20H21N3O.C4H8O.C2H5NO2.2C2H6/c24-18-12-6-5-10-16(18)19-21-17-11-4-2-1-3-9-15(17)20(22-19)23-13-7-8-14-23;1-2-4-5-3-1;1-3-2(4)5;2*1-2/h1-2,4-6,9-12,17,24H,3,7-8,13-14H2;1-4H2;3H,1H3,(H,4,5);2*1-2H3/b2-1-,11-4?,15-9+;;;;. The number of para-hydroxylation sites is 1. The van der Waals surface area contributed by atoms with E-state index >= 15 is 0 Å². The van der Waals surface area contributed by atoms with Gasteiger partial charge in [0.15, 0.2) is 5.84 Å². The Labute approximate surface area is 228 Å². The number of aromatic hydroxyl groups is 1. The Bertz CT molecular complexity index is 965. The van der Waals surface area contributed by atoms with Crippen molar-refractivity contribution in [3.05, 3.63) is 65.8 Å². The summed E-state index contributed by atoms with van der Waals surface area (Å²) in [6, 6.07) is 7.24. The lowest BCUT2D eigenvalue weighted by molar-refractivity contribution is 0.197.